The largest absolute Gasteiger partial charge is 0.338 e. The summed E-state index contributed by atoms with van der Waals surface area (Å²) in [6.07, 6.45) is 1.28. The van der Waals surface area contributed by atoms with Crippen LogP contribution in [0.3, 0.4) is 0 Å². The van der Waals surface area contributed by atoms with Crippen molar-refractivity contribution in [1.82, 2.24) is 9.21 Å². The van der Waals surface area contributed by atoms with Crippen LogP contribution in [0.2, 0.25) is 0 Å². The summed E-state index contributed by atoms with van der Waals surface area (Å²) in [5.41, 5.74) is 3.24. The summed E-state index contributed by atoms with van der Waals surface area (Å²) < 4.78 is 26.6. The number of anilines is 1. The number of hydrogen-bond donors (Lipinski definition) is 1. The normalized spacial score (nSPS) is 13.7. The molecule has 7 nitrogen and oxygen atoms in total. The topological polar surface area (TPSA) is 86.8 Å². The Morgan fingerprint density at radius 1 is 1.00 bits per heavy atom. The van der Waals surface area contributed by atoms with Gasteiger partial charge in [0, 0.05) is 43.9 Å². The lowest BCUT2D eigenvalue weighted by Gasteiger charge is -2.29. The Labute approximate surface area is 184 Å². The zero-order chi connectivity index (χ0) is 22.6. The van der Waals surface area contributed by atoms with Crippen LogP contribution in [0.1, 0.15) is 48.7 Å². The van der Waals surface area contributed by atoms with Crippen molar-refractivity contribution in [1.29, 1.82) is 0 Å². The van der Waals surface area contributed by atoms with Crippen molar-refractivity contribution >= 4 is 27.5 Å². The van der Waals surface area contributed by atoms with Gasteiger partial charge < -0.3 is 10.2 Å². The molecule has 2 aromatic rings. The second kappa shape index (κ2) is 9.62. The summed E-state index contributed by atoms with van der Waals surface area (Å²) in [7, 11) is -3.56. The molecule has 1 N–H and O–H groups in total. The molecule has 0 saturated heterocycles. The third-order valence-corrected chi connectivity index (χ3v) is 7.66. The molecule has 1 aliphatic rings. The molecule has 0 spiro atoms. The van der Waals surface area contributed by atoms with Gasteiger partial charge in [0.2, 0.25) is 15.9 Å². The van der Waals surface area contributed by atoms with Gasteiger partial charge in [0.15, 0.2) is 0 Å². The first kappa shape index (κ1) is 23.0. The lowest BCUT2D eigenvalue weighted by molar-refractivity contribution is -0.131. The van der Waals surface area contributed by atoms with Gasteiger partial charge in [-0.25, -0.2) is 8.42 Å². The maximum absolute atomic E-state index is 12.7. The lowest BCUT2D eigenvalue weighted by Crippen LogP contribution is -2.35. The molecular formula is C23H29N3O4S. The van der Waals surface area contributed by atoms with E-state index in [1.165, 1.54) is 34.1 Å². The molecule has 31 heavy (non-hydrogen) atoms. The third-order valence-electron chi connectivity index (χ3n) is 5.59. The molecule has 2 aromatic carbocycles. The molecule has 3 rings (SSSR count). The highest BCUT2D eigenvalue weighted by atomic mass is 32.2. The highest BCUT2D eigenvalue weighted by Crippen LogP contribution is 2.24. The molecule has 0 bridgehead atoms. The van der Waals surface area contributed by atoms with Gasteiger partial charge >= 0.3 is 0 Å². The predicted molar refractivity (Wildman–Crippen MR) is 120 cm³/mol. The highest BCUT2D eigenvalue weighted by Gasteiger charge is 2.22. The predicted octanol–water partition coefficient (Wildman–Crippen LogP) is 3.26. The molecule has 0 unspecified atom stereocenters. The Bertz CT molecular complexity index is 1060. The van der Waals surface area contributed by atoms with E-state index in [2.05, 4.69) is 5.32 Å². The summed E-state index contributed by atoms with van der Waals surface area (Å²) in [6, 6.07) is 11.7. The number of sulfonamides is 1. The van der Waals surface area contributed by atoms with Gasteiger partial charge in [0.05, 0.1) is 4.90 Å². The number of hydrogen-bond acceptors (Lipinski definition) is 4. The van der Waals surface area contributed by atoms with Crippen LogP contribution >= 0.6 is 0 Å². The molecule has 8 heteroatoms. The summed E-state index contributed by atoms with van der Waals surface area (Å²) in [6.45, 7) is 7.48. The third kappa shape index (κ3) is 4.97. The van der Waals surface area contributed by atoms with Gasteiger partial charge in [-0.3, -0.25) is 9.59 Å². The van der Waals surface area contributed by atoms with Crippen molar-refractivity contribution in [2.75, 3.05) is 25.0 Å². The lowest BCUT2D eigenvalue weighted by atomic mass is 9.98. The summed E-state index contributed by atoms with van der Waals surface area (Å²) >= 11 is 0. The van der Waals surface area contributed by atoms with E-state index in [4.69, 9.17) is 0 Å². The Morgan fingerprint density at radius 3 is 2.29 bits per heavy atom. The summed E-state index contributed by atoms with van der Waals surface area (Å²) in [5.74, 6) is -0.191. The van der Waals surface area contributed by atoms with E-state index in [1.54, 1.807) is 13.8 Å². The van der Waals surface area contributed by atoms with Crippen molar-refractivity contribution < 1.29 is 18.0 Å². The van der Waals surface area contributed by atoms with Crippen LogP contribution in [0.25, 0.3) is 0 Å². The molecule has 166 valence electrons. The fourth-order valence-corrected chi connectivity index (χ4v) is 5.22. The van der Waals surface area contributed by atoms with Crippen LogP contribution in [0, 0.1) is 0 Å². The molecule has 0 aliphatic carbocycles. The molecule has 2 amide bonds. The van der Waals surface area contributed by atoms with Crippen molar-refractivity contribution in [2.24, 2.45) is 0 Å². The molecule has 1 aliphatic heterocycles. The van der Waals surface area contributed by atoms with Crippen molar-refractivity contribution in [2.45, 2.75) is 45.1 Å². The van der Waals surface area contributed by atoms with Gasteiger partial charge in [0.25, 0.3) is 5.91 Å². The Hall–Kier alpha value is -2.71. The minimum absolute atomic E-state index is 0.125. The van der Waals surface area contributed by atoms with Crippen LogP contribution in [-0.4, -0.2) is 49.1 Å². The first-order valence-electron chi connectivity index (χ1n) is 10.6. The molecule has 0 fully saturated rings. The van der Waals surface area contributed by atoms with Crippen LogP contribution in [0.4, 0.5) is 5.69 Å². The van der Waals surface area contributed by atoms with E-state index in [9.17, 15) is 18.0 Å². The average Bonchev–Trinajstić information content (AvgIpc) is 2.78. The molecule has 0 atom stereocenters. The second-order valence-corrected chi connectivity index (χ2v) is 9.41. The molecule has 0 radical (unpaired) electrons. The number of rotatable bonds is 7. The van der Waals surface area contributed by atoms with Gasteiger partial charge in [0.1, 0.15) is 0 Å². The average molecular weight is 444 g/mol. The molecule has 1 heterocycles. The first-order chi connectivity index (χ1) is 14.8. The maximum atomic E-state index is 12.7. The first-order valence-corrected chi connectivity index (χ1v) is 12.0. The standard InChI is InChI=1S/C23H29N3O4S/c1-4-22(27)25-14-13-17-7-10-20(15-19(17)16-25)24-23(28)18-8-11-21(12-9-18)31(29,30)26(5-2)6-3/h7-12,15H,4-6,13-14,16H2,1-3H3,(H,24,28). The van der Waals surface area contributed by atoms with Crippen LogP contribution in [0.5, 0.6) is 0 Å². The number of nitrogens with zero attached hydrogens (tertiary/aromatic N) is 2. The summed E-state index contributed by atoms with van der Waals surface area (Å²) in [4.78, 5) is 26.7. The molecular weight excluding hydrogens is 414 g/mol. The van der Waals surface area contributed by atoms with Crippen molar-refractivity contribution in [3.05, 3.63) is 59.2 Å². The van der Waals surface area contributed by atoms with Gasteiger partial charge in [-0.15, -0.1) is 0 Å². The Morgan fingerprint density at radius 2 is 1.68 bits per heavy atom. The molecule has 0 aromatic heterocycles. The number of nitrogens with one attached hydrogen (secondary N) is 1. The van der Waals surface area contributed by atoms with Gasteiger partial charge in [-0.2, -0.15) is 4.31 Å². The number of carbonyl (C=O) groups excluding carboxylic acids is 2. The fraction of sp³-hybridized carbons (Fsp3) is 0.391. The van der Waals surface area contributed by atoms with Crippen molar-refractivity contribution in [3.8, 4) is 0 Å². The minimum Gasteiger partial charge on any atom is -0.338 e. The number of amides is 2. The Balaban J connectivity index is 1.73. The van der Waals surface area contributed by atoms with Crippen LogP contribution in [-0.2, 0) is 27.8 Å². The molecule has 0 saturated carbocycles. The van der Waals surface area contributed by atoms with Crippen LogP contribution < -0.4 is 5.32 Å². The van der Waals surface area contributed by atoms with Crippen molar-refractivity contribution in [3.63, 3.8) is 0 Å². The van der Waals surface area contributed by atoms with E-state index in [1.807, 2.05) is 30.0 Å². The van der Waals surface area contributed by atoms with E-state index in [0.29, 0.717) is 43.9 Å². The number of benzene rings is 2. The summed E-state index contributed by atoms with van der Waals surface area (Å²) in [5, 5.41) is 2.87. The van der Waals surface area contributed by atoms with Crippen LogP contribution in [0.15, 0.2) is 47.4 Å². The smallest absolute Gasteiger partial charge is 0.255 e. The quantitative estimate of drug-likeness (QED) is 0.712. The second-order valence-electron chi connectivity index (χ2n) is 7.47. The fourth-order valence-electron chi connectivity index (χ4n) is 3.77. The number of carbonyl (C=O) groups is 2. The SMILES string of the molecule is CCC(=O)N1CCc2ccc(NC(=O)c3ccc(S(=O)(=O)N(CC)CC)cc3)cc2C1. The van der Waals surface area contributed by atoms with E-state index < -0.39 is 10.0 Å². The minimum atomic E-state index is -3.56. The Kier molecular flexibility index (Phi) is 7.12. The van der Waals surface area contributed by atoms with E-state index in [0.717, 1.165) is 12.0 Å². The van der Waals surface area contributed by atoms with E-state index >= 15 is 0 Å². The maximum Gasteiger partial charge on any atom is 0.255 e. The van der Waals surface area contributed by atoms with E-state index in [-0.39, 0.29) is 16.7 Å². The van der Waals surface area contributed by atoms with Gasteiger partial charge in [-0.05, 0) is 53.9 Å². The van der Waals surface area contributed by atoms with Gasteiger partial charge in [-0.1, -0.05) is 26.8 Å². The highest BCUT2D eigenvalue weighted by molar-refractivity contribution is 7.89. The monoisotopic (exact) mass is 443 g/mol. The zero-order valence-electron chi connectivity index (χ0n) is 18.2. The number of fused-ring (bicyclic) bond motifs is 1. The zero-order valence-corrected chi connectivity index (χ0v) is 19.0.